The van der Waals surface area contributed by atoms with Gasteiger partial charge in [-0.2, -0.15) is 5.26 Å². The van der Waals surface area contributed by atoms with Crippen LogP contribution in [0, 0.1) is 45.4 Å². The molecule has 0 saturated carbocycles. The molecule has 2 aromatic carbocycles. The predicted molar refractivity (Wildman–Crippen MR) is 96.1 cm³/mol. The van der Waals surface area contributed by atoms with E-state index >= 15 is 0 Å². The van der Waals surface area contributed by atoms with Crippen LogP contribution in [0.1, 0.15) is 30.5 Å². The van der Waals surface area contributed by atoms with E-state index in [9.17, 15) is 20.2 Å². The van der Waals surface area contributed by atoms with E-state index in [4.69, 9.17) is 11.0 Å². The molecule has 0 bridgehead atoms. The first kappa shape index (κ1) is 21.5. The number of anilines is 1. The molecule has 0 aromatic heterocycles. The van der Waals surface area contributed by atoms with E-state index in [0.717, 1.165) is 5.56 Å². The summed E-state index contributed by atoms with van der Waals surface area (Å²) < 4.78 is 0. The highest BCUT2D eigenvalue weighted by atomic mass is 16.6. The molecule has 2 rings (SSSR count). The second-order valence-electron chi connectivity index (χ2n) is 4.60. The lowest BCUT2D eigenvalue weighted by molar-refractivity contribution is -0.385. The summed E-state index contributed by atoms with van der Waals surface area (Å²) in [7, 11) is 0. The fraction of sp³-hybridized carbons (Fsp3) is 0.235. The molecule has 2 N–H and O–H groups in total. The molecule has 0 unspecified atom stereocenters. The van der Waals surface area contributed by atoms with Crippen molar-refractivity contribution in [1.82, 2.24) is 0 Å². The van der Waals surface area contributed by atoms with Crippen LogP contribution in [-0.4, -0.2) is 9.85 Å². The van der Waals surface area contributed by atoms with E-state index < -0.39 is 9.85 Å². The molecular formula is C17H20N4O4. The van der Waals surface area contributed by atoms with E-state index in [2.05, 4.69) is 0 Å². The third-order valence-corrected chi connectivity index (χ3v) is 3.06. The Morgan fingerprint density at radius 3 is 1.72 bits per heavy atom. The monoisotopic (exact) mass is 344 g/mol. The zero-order valence-electron chi connectivity index (χ0n) is 14.5. The normalized spacial score (nSPS) is 8.76. The van der Waals surface area contributed by atoms with Gasteiger partial charge in [0.2, 0.25) is 0 Å². The number of nitrogen functional groups attached to an aromatic ring is 1. The van der Waals surface area contributed by atoms with Crippen LogP contribution in [0.2, 0.25) is 0 Å². The van der Waals surface area contributed by atoms with Gasteiger partial charge in [0.15, 0.2) is 0 Å². The predicted octanol–water partition coefficient (Wildman–Crippen LogP) is 4.29. The minimum atomic E-state index is -0.550. The van der Waals surface area contributed by atoms with Crippen LogP contribution in [0.4, 0.5) is 17.1 Å². The van der Waals surface area contributed by atoms with Gasteiger partial charge in [-0.15, -0.1) is 0 Å². The van der Waals surface area contributed by atoms with E-state index in [1.165, 1.54) is 12.1 Å². The van der Waals surface area contributed by atoms with Crippen LogP contribution in [0.25, 0.3) is 0 Å². The summed E-state index contributed by atoms with van der Waals surface area (Å²) in [6, 6.07) is 11.1. The van der Waals surface area contributed by atoms with Crippen LogP contribution >= 0.6 is 0 Å². The summed E-state index contributed by atoms with van der Waals surface area (Å²) in [6.45, 7) is 7.41. The summed E-state index contributed by atoms with van der Waals surface area (Å²) in [5.41, 5.74) is 7.05. The Labute approximate surface area is 145 Å². The molecule has 0 spiro atoms. The molecule has 25 heavy (non-hydrogen) atoms. The molecule has 132 valence electrons. The Kier molecular flexibility index (Phi) is 8.90. The Morgan fingerprint density at radius 2 is 1.36 bits per heavy atom. The van der Waals surface area contributed by atoms with Crippen molar-refractivity contribution >= 4 is 17.1 Å². The Hall–Kier alpha value is -3.47. The molecule has 0 saturated heterocycles. The van der Waals surface area contributed by atoms with Gasteiger partial charge in [0.25, 0.3) is 11.4 Å². The summed E-state index contributed by atoms with van der Waals surface area (Å²) in [5, 5.41) is 29.3. The standard InChI is InChI=1S/C8H6N2O2.C7H8N2O2.C2H6/c1-6-3-2-4-8(10(11)12)7(6)5-9;1-5-3-2-4-6(7(5)8)9(10)11;1-2/h2-4H,1H3;2-4H,8H2,1H3;1-2H3. The lowest BCUT2D eigenvalue weighted by atomic mass is 10.1. The zero-order valence-corrected chi connectivity index (χ0v) is 14.5. The van der Waals surface area contributed by atoms with Gasteiger partial charge in [-0.3, -0.25) is 20.2 Å². The highest BCUT2D eigenvalue weighted by Crippen LogP contribution is 2.23. The van der Waals surface area contributed by atoms with Gasteiger partial charge in [-0.05, 0) is 25.0 Å². The fourth-order valence-electron chi connectivity index (χ4n) is 1.77. The number of nitrogens with zero attached hydrogens (tertiary/aromatic N) is 3. The number of hydrogen-bond donors (Lipinski definition) is 1. The molecule has 0 radical (unpaired) electrons. The molecule has 0 aliphatic rings. The van der Waals surface area contributed by atoms with Crippen molar-refractivity contribution in [2.45, 2.75) is 27.7 Å². The van der Waals surface area contributed by atoms with Gasteiger partial charge < -0.3 is 5.73 Å². The average molecular weight is 344 g/mol. The number of para-hydroxylation sites is 1. The maximum Gasteiger partial charge on any atom is 0.292 e. The fourth-order valence-corrected chi connectivity index (χ4v) is 1.77. The average Bonchev–Trinajstić information content (AvgIpc) is 2.59. The quantitative estimate of drug-likeness (QED) is 0.490. The van der Waals surface area contributed by atoms with Crippen molar-refractivity contribution in [3.63, 3.8) is 0 Å². The number of nitriles is 1. The third-order valence-electron chi connectivity index (χ3n) is 3.06. The number of aryl methyl sites for hydroxylation is 2. The summed E-state index contributed by atoms with van der Waals surface area (Å²) in [5.74, 6) is 0. The van der Waals surface area contributed by atoms with Gasteiger partial charge >= 0.3 is 0 Å². The van der Waals surface area contributed by atoms with E-state index in [-0.39, 0.29) is 22.6 Å². The first-order chi connectivity index (χ1) is 11.8. The molecule has 0 heterocycles. The minimum absolute atomic E-state index is 0.0231. The van der Waals surface area contributed by atoms with Crippen LogP contribution in [0.5, 0.6) is 0 Å². The summed E-state index contributed by atoms with van der Waals surface area (Å²) >= 11 is 0. The van der Waals surface area contributed by atoms with Crippen LogP contribution in [-0.2, 0) is 0 Å². The lowest BCUT2D eigenvalue weighted by Gasteiger charge is -1.98. The summed E-state index contributed by atoms with van der Waals surface area (Å²) in [4.78, 5) is 19.7. The van der Waals surface area contributed by atoms with Crippen molar-refractivity contribution in [3.05, 3.63) is 73.3 Å². The number of nitro benzene ring substituents is 2. The molecule has 0 aliphatic heterocycles. The van der Waals surface area contributed by atoms with Crippen molar-refractivity contribution < 1.29 is 9.85 Å². The molecule has 8 heteroatoms. The molecule has 0 atom stereocenters. The maximum absolute atomic E-state index is 10.4. The zero-order chi connectivity index (χ0) is 19.6. The number of nitro groups is 2. The van der Waals surface area contributed by atoms with Crippen LogP contribution < -0.4 is 5.73 Å². The Morgan fingerprint density at radius 1 is 0.920 bits per heavy atom. The van der Waals surface area contributed by atoms with Gasteiger partial charge in [0.1, 0.15) is 17.3 Å². The van der Waals surface area contributed by atoms with Crippen molar-refractivity contribution in [1.29, 1.82) is 5.26 Å². The number of hydrogen-bond acceptors (Lipinski definition) is 6. The van der Waals surface area contributed by atoms with Gasteiger partial charge in [-0.25, -0.2) is 0 Å². The first-order valence-electron chi connectivity index (χ1n) is 7.43. The lowest BCUT2D eigenvalue weighted by Crippen LogP contribution is -1.96. The molecule has 0 amide bonds. The summed E-state index contributed by atoms with van der Waals surface area (Å²) in [6.07, 6.45) is 0. The smallest absolute Gasteiger partial charge is 0.292 e. The highest BCUT2D eigenvalue weighted by Gasteiger charge is 2.14. The van der Waals surface area contributed by atoms with Crippen molar-refractivity contribution in [2.75, 3.05) is 5.73 Å². The van der Waals surface area contributed by atoms with Crippen molar-refractivity contribution in [3.8, 4) is 6.07 Å². The van der Waals surface area contributed by atoms with Gasteiger partial charge in [-0.1, -0.05) is 38.1 Å². The molecule has 8 nitrogen and oxygen atoms in total. The highest BCUT2D eigenvalue weighted by molar-refractivity contribution is 5.62. The van der Waals surface area contributed by atoms with E-state index in [1.54, 1.807) is 44.2 Å². The minimum Gasteiger partial charge on any atom is -0.393 e. The molecular weight excluding hydrogens is 324 g/mol. The molecule has 0 aliphatic carbocycles. The van der Waals surface area contributed by atoms with Gasteiger partial charge in [0, 0.05) is 12.1 Å². The van der Waals surface area contributed by atoms with E-state index in [0.29, 0.717) is 5.56 Å². The van der Waals surface area contributed by atoms with E-state index in [1.807, 2.05) is 13.8 Å². The third kappa shape index (κ3) is 5.91. The number of nitrogens with two attached hydrogens (primary N) is 1. The molecule has 0 fully saturated rings. The van der Waals surface area contributed by atoms with Crippen LogP contribution in [0.3, 0.4) is 0 Å². The largest absolute Gasteiger partial charge is 0.393 e. The number of rotatable bonds is 2. The van der Waals surface area contributed by atoms with Crippen LogP contribution in [0.15, 0.2) is 36.4 Å². The maximum atomic E-state index is 10.4. The molecule has 2 aromatic rings. The Balaban J connectivity index is 0.000000421. The van der Waals surface area contributed by atoms with Gasteiger partial charge in [0.05, 0.1) is 9.85 Å². The Bertz CT molecular complexity index is 798. The first-order valence-corrected chi connectivity index (χ1v) is 7.43. The SMILES string of the molecule is CC.Cc1cccc([N+](=O)[O-])c1C#N.Cc1cccc([N+](=O)[O-])c1N. The second kappa shape index (κ2) is 10.3. The second-order valence-corrected chi connectivity index (χ2v) is 4.60. The van der Waals surface area contributed by atoms with Crippen molar-refractivity contribution in [2.24, 2.45) is 0 Å². The topological polar surface area (TPSA) is 136 Å². The number of benzene rings is 2.